The van der Waals surface area contributed by atoms with Crippen molar-refractivity contribution in [2.24, 2.45) is 0 Å². The van der Waals surface area contributed by atoms with Crippen LogP contribution >= 0.6 is 0 Å². The topological polar surface area (TPSA) is 86.8 Å². The Bertz CT molecular complexity index is 1380. The normalized spacial score (nSPS) is 12.0. The van der Waals surface area contributed by atoms with E-state index in [0.29, 0.717) is 12.2 Å². The Balaban J connectivity index is 2.06. The number of anilines is 1. The van der Waals surface area contributed by atoms with Crippen molar-refractivity contribution in [2.75, 3.05) is 23.7 Å². The van der Waals surface area contributed by atoms with Crippen LogP contribution in [-0.4, -0.2) is 50.5 Å². The first-order valence-electron chi connectivity index (χ1n) is 12.4. The van der Waals surface area contributed by atoms with E-state index in [1.807, 2.05) is 44.2 Å². The van der Waals surface area contributed by atoms with Crippen LogP contribution in [0.15, 0.2) is 72.8 Å². The molecule has 3 aromatic carbocycles. The fourth-order valence-electron chi connectivity index (χ4n) is 4.15. The number of sulfonamides is 1. The van der Waals surface area contributed by atoms with Gasteiger partial charge in [-0.3, -0.25) is 13.9 Å². The molecule has 1 atom stereocenters. The zero-order chi connectivity index (χ0) is 27.9. The van der Waals surface area contributed by atoms with Gasteiger partial charge in [0, 0.05) is 25.1 Å². The molecule has 1 N–H and O–H groups in total. The maximum Gasteiger partial charge on any atom is 0.244 e. The molecule has 38 heavy (non-hydrogen) atoms. The first kappa shape index (κ1) is 28.8. The summed E-state index contributed by atoms with van der Waals surface area (Å²) in [6.45, 7) is 5.13. The molecule has 0 saturated carbocycles. The zero-order valence-electron chi connectivity index (χ0n) is 22.1. The lowest BCUT2D eigenvalue weighted by molar-refractivity contribution is -0.140. The molecule has 0 unspecified atom stereocenters. The number of hydrogen-bond donors (Lipinski definition) is 1. The number of hydrogen-bond acceptors (Lipinski definition) is 4. The molecule has 9 heteroatoms. The average Bonchev–Trinajstić information content (AvgIpc) is 2.87. The SMILES string of the molecule is CCNC(=O)[C@H](Cc1ccccc1)N(Cc1ccccc1F)C(=O)CN(c1ccc(C)c(C)c1)S(C)(=O)=O. The minimum absolute atomic E-state index is 0.176. The van der Waals surface area contributed by atoms with E-state index in [0.717, 1.165) is 27.3 Å². The van der Waals surface area contributed by atoms with Gasteiger partial charge in [0.25, 0.3) is 0 Å². The highest BCUT2D eigenvalue weighted by Gasteiger charge is 2.33. The number of carbonyl (C=O) groups is 2. The summed E-state index contributed by atoms with van der Waals surface area (Å²) >= 11 is 0. The molecule has 0 aliphatic carbocycles. The van der Waals surface area contributed by atoms with Crippen molar-refractivity contribution < 1.29 is 22.4 Å². The van der Waals surface area contributed by atoms with Crippen LogP contribution in [0, 0.1) is 19.7 Å². The van der Waals surface area contributed by atoms with E-state index in [4.69, 9.17) is 0 Å². The molecule has 0 radical (unpaired) electrons. The van der Waals surface area contributed by atoms with Gasteiger partial charge in [-0.25, -0.2) is 12.8 Å². The maximum absolute atomic E-state index is 14.7. The summed E-state index contributed by atoms with van der Waals surface area (Å²) in [5, 5.41) is 2.77. The molecule has 2 amide bonds. The second-order valence-corrected chi connectivity index (χ2v) is 11.2. The van der Waals surface area contributed by atoms with Gasteiger partial charge in [-0.05, 0) is 55.7 Å². The molecule has 0 fully saturated rings. The first-order chi connectivity index (χ1) is 18.0. The second kappa shape index (κ2) is 12.7. The molecule has 0 aliphatic rings. The number of carbonyl (C=O) groups excluding carboxylic acids is 2. The number of likely N-dealkylation sites (N-methyl/N-ethyl adjacent to an activating group) is 1. The van der Waals surface area contributed by atoms with Crippen molar-refractivity contribution in [3.63, 3.8) is 0 Å². The van der Waals surface area contributed by atoms with E-state index < -0.39 is 40.2 Å². The molecular weight excluding hydrogens is 505 g/mol. The van der Waals surface area contributed by atoms with Gasteiger partial charge in [-0.1, -0.05) is 54.6 Å². The quantitative estimate of drug-likeness (QED) is 0.399. The van der Waals surface area contributed by atoms with Gasteiger partial charge in [0.15, 0.2) is 0 Å². The van der Waals surface area contributed by atoms with Crippen molar-refractivity contribution in [3.8, 4) is 0 Å². The Morgan fingerprint density at radius 2 is 1.61 bits per heavy atom. The largest absolute Gasteiger partial charge is 0.355 e. The lowest BCUT2D eigenvalue weighted by Gasteiger charge is -2.33. The van der Waals surface area contributed by atoms with Crippen molar-refractivity contribution in [1.29, 1.82) is 0 Å². The Kier molecular flexibility index (Phi) is 9.63. The van der Waals surface area contributed by atoms with Crippen molar-refractivity contribution in [3.05, 3.63) is 101 Å². The molecule has 202 valence electrons. The molecule has 0 aliphatic heterocycles. The number of rotatable bonds is 11. The smallest absolute Gasteiger partial charge is 0.244 e. The maximum atomic E-state index is 14.7. The van der Waals surface area contributed by atoms with E-state index >= 15 is 0 Å². The van der Waals surface area contributed by atoms with Gasteiger partial charge in [-0.2, -0.15) is 0 Å². The third-order valence-electron chi connectivity index (χ3n) is 6.38. The molecule has 0 bridgehead atoms. The van der Waals surface area contributed by atoms with E-state index in [-0.39, 0.29) is 18.5 Å². The van der Waals surface area contributed by atoms with Crippen LogP contribution in [0.3, 0.4) is 0 Å². The Morgan fingerprint density at radius 1 is 0.947 bits per heavy atom. The highest BCUT2D eigenvalue weighted by atomic mass is 32.2. The van der Waals surface area contributed by atoms with Gasteiger partial charge in [-0.15, -0.1) is 0 Å². The van der Waals surface area contributed by atoms with Crippen molar-refractivity contribution in [2.45, 2.75) is 39.8 Å². The van der Waals surface area contributed by atoms with Gasteiger partial charge >= 0.3 is 0 Å². The van der Waals surface area contributed by atoms with Crippen LogP contribution < -0.4 is 9.62 Å². The Morgan fingerprint density at radius 3 is 2.21 bits per heavy atom. The van der Waals surface area contributed by atoms with Crippen LogP contribution in [0.2, 0.25) is 0 Å². The predicted octanol–water partition coefficient (Wildman–Crippen LogP) is 3.98. The van der Waals surface area contributed by atoms with Crippen molar-refractivity contribution in [1.82, 2.24) is 10.2 Å². The molecule has 0 aromatic heterocycles. The zero-order valence-corrected chi connectivity index (χ0v) is 23.0. The molecular formula is C29H34FN3O4S. The first-order valence-corrected chi connectivity index (χ1v) is 14.3. The lowest BCUT2D eigenvalue weighted by atomic mass is 10.0. The number of amides is 2. The molecule has 0 heterocycles. The highest BCUT2D eigenvalue weighted by molar-refractivity contribution is 7.92. The predicted molar refractivity (Wildman–Crippen MR) is 148 cm³/mol. The van der Waals surface area contributed by atoms with E-state index in [1.165, 1.54) is 11.0 Å². The third-order valence-corrected chi connectivity index (χ3v) is 7.52. The van der Waals surface area contributed by atoms with Gasteiger partial charge in [0.1, 0.15) is 18.4 Å². The molecule has 7 nitrogen and oxygen atoms in total. The second-order valence-electron chi connectivity index (χ2n) is 9.25. The summed E-state index contributed by atoms with van der Waals surface area (Å²) in [7, 11) is -3.86. The summed E-state index contributed by atoms with van der Waals surface area (Å²) < 4.78 is 41.4. The summed E-state index contributed by atoms with van der Waals surface area (Å²) in [5.74, 6) is -1.55. The summed E-state index contributed by atoms with van der Waals surface area (Å²) in [6, 6.07) is 19.4. The van der Waals surface area contributed by atoms with Crippen LogP contribution in [0.1, 0.15) is 29.2 Å². The Labute approximate surface area is 224 Å². The molecule has 3 aromatic rings. The fourth-order valence-corrected chi connectivity index (χ4v) is 4.99. The summed E-state index contributed by atoms with van der Waals surface area (Å²) in [6.07, 6.45) is 1.21. The number of nitrogens with zero attached hydrogens (tertiary/aromatic N) is 2. The molecule has 3 rings (SSSR count). The standard InChI is InChI=1S/C29H34FN3O4S/c1-5-31-29(35)27(18-23-11-7-6-8-12-23)32(19-24-13-9-10-14-26(24)30)28(34)20-33(38(4,36)37)25-16-15-21(2)22(3)17-25/h6-17,27H,5,18-20H2,1-4H3,(H,31,35)/t27-/m0/s1. The molecule has 0 spiro atoms. The van der Waals surface area contributed by atoms with Crippen LogP contribution in [0.5, 0.6) is 0 Å². The highest BCUT2D eigenvalue weighted by Crippen LogP contribution is 2.23. The molecule has 0 saturated heterocycles. The minimum atomic E-state index is -3.86. The Hall–Kier alpha value is -3.72. The number of nitrogens with one attached hydrogen (secondary N) is 1. The van der Waals surface area contributed by atoms with Crippen LogP contribution in [0.25, 0.3) is 0 Å². The monoisotopic (exact) mass is 539 g/mol. The average molecular weight is 540 g/mol. The van der Waals surface area contributed by atoms with Crippen LogP contribution in [0.4, 0.5) is 10.1 Å². The van der Waals surface area contributed by atoms with Gasteiger partial charge in [0.05, 0.1) is 11.9 Å². The van der Waals surface area contributed by atoms with Gasteiger partial charge < -0.3 is 10.2 Å². The van der Waals surface area contributed by atoms with Gasteiger partial charge in [0.2, 0.25) is 21.8 Å². The summed E-state index contributed by atoms with van der Waals surface area (Å²) in [5.41, 5.74) is 3.22. The van der Waals surface area contributed by atoms with E-state index in [2.05, 4.69) is 5.32 Å². The lowest BCUT2D eigenvalue weighted by Crippen LogP contribution is -2.53. The number of benzene rings is 3. The fraction of sp³-hybridized carbons (Fsp3) is 0.310. The van der Waals surface area contributed by atoms with Crippen molar-refractivity contribution >= 4 is 27.5 Å². The van der Waals surface area contributed by atoms with E-state index in [9.17, 15) is 22.4 Å². The minimum Gasteiger partial charge on any atom is -0.355 e. The van der Waals surface area contributed by atoms with E-state index in [1.54, 1.807) is 43.3 Å². The number of halogens is 1. The number of aryl methyl sites for hydroxylation is 2. The third kappa shape index (κ3) is 7.41. The summed E-state index contributed by atoms with van der Waals surface area (Å²) in [4.78, 5) is 28.4. The van der Waals surface area contributed by atoms with Crippen LogP contribution in [-0.2, 0) is 32.6 Å².